The summed E-state index contributed by atoms with van der Waals surface area (Å²) < 4.78 is 25.0. The van der Waals surface area contributed by atoms with E-state index < -0.39 is 24.1 Å². The Bertz CT molecular complexity index is 820. The van der Waals surface area contributed by atoms with Crippen molar-refractivity contribution in [3.63, 3.8) is 0 Å². The van der Waals surface area contributed by atoms with Gasteiger partial charge in [0.1, 0.15) is 11.9 Å². The zero-order chi connectivity index (χ0) is 21.8. The number of anilines is 2. The van der Waals surface area contributed by atoms with E-state index in [1.54, 1.807) is 19.1 Å². The quantitative estimate of drug-likeness (QED) is 0.726. The number of alkyl carbamates (subject to hydrolysis) is 1. The van der Waals surface area contributed by atoms with Crippen LogP contribution in [0.3, 0.4) is 0 Å². The summed E-state index contributed by atoms with van der Waals surface area (Å²) in [4.78, 5) is 38.1. The largest absolute Gasteiger partial charge is 0.450 e. The molecule has 2 heterocycles. The Kier molecular flexibility index (Phi) is 6.63. The van der Waals surface area contributed by atoms with Crippen LogP contribution < -0.4 is 20.4 Å². The molecule has 0 saturated carbocycles. The molecule has 2 fully saturated rings. The van der Waals surface area contributed by atoms with Gasteiger partial charge in [0, 0.05) is 20.0 Å². The van der Waals surface area contributed by atoms with Crippen molar-refractivity contribution >= 4 is 29.5 Å². The smallest absolute Gasteiger partial charge is 0.414 e. The van der Waals surface area contributed by atoms with Crippen LogP contribution in [0.4, 0.5) is 25.4 Å². The van der Waals surface area contributed by atoms with Gasteiger partial charge >= 0.3 is 12.2 Å². The average molecular weight is 422 g/mol. The lowest BCUT2D eigenvalue weighted by atomic mass is 10.1. The SMILES string of the molecule is CCOC(=O)N[C@H]1CN(c2ccc(N3C[C@H](CNC(C)=O)OC3=O)cc2F)C[C@@H]1C. The van der Waals surface area contributed by atoms with Crippen molar-refractivity contribution in [1.82, 2.24) is 10.6 Å². The molecule has 164 valence electrons. The lowest BCUT2D eigenvalue weighted by molar-refractivity contribution is -0.119. The summed E-state index contributed by atoms with van der Waals surface area (Å²) in [6.07, 6.45) is -1.54. The van der Waals surface area contributed by atoms with Gasteiger partial charge in [-0.15, -0.1) is 0 Å². The molecule has 3 amide bonds. The number of benzene rings is 1. The summed E-state index contributed by atoms with van der Waals surface area (Å²) in [5.41, 5.74) is 0.793. The zero-order valence-corrected chi connectivity index (χ0v) is 17.3. The van der Waals surface area contributed by atoms with Gasteiger partial charge in [0.25, 0.3) is 0 Å². The van der Waals surface area contributed by atoms with E-state index in [2.05, 4.69) is 10.6 Å². The van der Waals surface area contributed by atoms with Crippen molar-refractivity contribution in [3.8, 4) is 0 Å². The molecule has 0 bridgehead atoms. The van der Waals surface area contributed by atoms with Gasteiger partial charge < -0.3 is 25.0 Å². The predicted molar refractivity (Wildman–Crippen MR) is 108 cm³/mol. The van der Waals surface area contributed by atoms with Gasteiger partial charge in [-0.2, -0.15) is 0 Å². The monoisotopic (exact) mass is 422 g/mol. The highest BCUT2D eigenvalue weighted by molar-refractivity contribution is 5.90. The first-order valence-electron chi connectivity index (χ1n) is 9.98. The normalized spacial score (nSPS) is 23.3. The Hall–Kier alpha value is -3.04. The molecule has 0 radical (unpaired) electrons. The van der Waals surface area contributed by atoms with Crippen LogP contribution in [0.25, 0.3) is 0 Å². The molecular formula is C20H27FN4O5. The van der Waals surface area contributed by atoms with Crippen LogP contribution >= 0.6 is 0 Å². The first-order valence-corrected chi connectivity index (χ1v) is 9.98. The minimum absolute atomic E-state index is 0.122. The molecule has 0 spiro atoms. The third kappa shape index (κ3) is 4.92. The second-order valence-electron chi connectivity index (χ2n) is 7.54. The molecule has 30 heavy (non-hydrogen) atoms. The number of hydrogen-bond donors (Lipinski definition) is 2. The minimum atomic E-state index is -0.578. The molecule has 0 aliphatic carbocycles. The zero-order valence-electron chi connectivity index (χ0n) is 17.3. The first-order chi connectivity index (χ1) is 14.3. The van der Waals surface area contributed by atoms with Gasteiger partial charge in [0.2, 0.25) is 5.91 Å². The van der Waals surface area contributed by atoms with E-state index in [1.807, 2.05) is 11.8 Å². The maximum absolute atomic E-state index is 14.9. The fraction of sp³-hybridized carbons (Fsp3) is 0.550. The predicted octanol–water partition coefficient (Wildman–Crippen LogP) is 1.86. The van der Waals surface area contributed by atoms with Crippen LogP contribution in [-0.2, 0) is 14.3 Å². The van der Waals surface area contributed by atoms with Gasteiger partial charge in [-0.3, -0.25) is 9.69 Å². The molecule has 2 aliphatic rings. The molecule has 0 unspecified atom stereocenters. The Morgan fingerprint density at radius 3 is 2.73 bits per heavy atom. The van der Waals surface area contributed by atoms with Crippen LogP contribution in [0.5, 0.6) is 0 Å². The second-order valence-corrected chi connectivity index (χ2v) is 7.54. The van der Waals surface area contributed by atoms with Crippen molar-refractivity contribution < 1.29 is 28.2 Å². The molecule has 1 aromatic rings. The molecular weight excluding hydrogens is 395 g/mol. The molecule has 9 nitrogen and oxygen atoms in total. The van der Waals surface area contributed by atoms with Crippen molar-refractivity contribution in [3.05, 3.63) is 24.0 Å². The lowest BCUT2D eigenvalue weighted by Crippen LogP contribution is -2.40. The van der Waals surface area contributed by atoms with Crippen molar-refractivity contribution in [2.24, 2.45) is 5.92 Å². The van der Waals surface area contributed by atoms with E-state index in [4.69, 9.17) is 9.47 Å². The van der Waals surface area contributed by atoms with Gasteiger partial charge in [0.15, 0.2) is 0 Å². The highest BCUT2D eigenvalue weighted by Crippen LogP contribution is 2.31. The van der Waals surface area contributed by atoms with Gasteiger partial charge in [0.05, 0.1) is 37.1 Å². The number of ether oxygens (including phenoxy) is 2. The van der Waals surface area contributed by atoms with Crippen LogP contribution in [0.2, 0.25) is 0 Å². The minimum Gasteiger partial charge on any atom is -0.450 e. The maximum Gasteiger partial charge on any atom is 0.414 e. The van der Waals surface area contributed by atoms with E-state index in [9.17, 15) is 18.8 Å². The van der Waals surface area contributed by atoms with Crippen molar-refractivity contribution in [1.29, 1.82) is 0 Å². The van der Waals surface area contributed by atoms with Crippen LogP contribution in [0.1, 0.15) is 20.8 Å². The van der Waals surface area contributed by atoms with Crippen LogP contribution in [-0.4, -0.2) is 63.0 Å². The Morgan fingerprint density at radius 1 is 1.30 bits per heavy atom. The molecule has 3 rings (SSSR count). The van der Waals surface area contributed by atoms with Gasteiger partial charge in [-0.25, -0.2) is 14.0 Å². The number of halogens is 1. The van der Waals surface area contributed by atoms with Gasteiger partial charge in [-0.1, -0.05) is 6.92 Å². The lowest BCUT2D eigenvalue weighted by Gasteiger charge is -2.21. The fourth-order valence-corrected chi connectivity index (χ4v) is 3.69. The number of hydrogen-bond acceptors (Lipinski definition) is 6. The number of rotatable bonds is 6. The first kappa shape index (κ1) is 21.7. The second kappa shape index (κ2) is 9.19. The van der Waals surface area contributed by atoms with E-state index in [0.717, 1.165) is 0 Å². The molecule has 1 aromatic carbocycles. The van der Waals surface area contributed by atoms with E-state index in [1.165, 1.54) is 17.9 Å². The number of cyclic esters (lactones) is 1. The maximum atomic E-state index is 14.9. The summed E-state index contributed by atoms with van der Waals surface area (Å²) in [7, 11) is 0. The third-order valence-corrected chi connectivity index (χ3v) is 5.23. The van der Waals surface area contributed by atoms with Crippen LogP contribution in [0, 0.1) is 11.7 Å². The number of carbonyl (C=O) groups is 3. The number of nitrogens with one attached hydrogen (secondary N) is 2. The summed E-state index contributed by atoms with van der Waals surface area (Å²) in [5.74, 6) is -0.554. The molecule has 3 atom stereocenters. The summed E-state index contributed by atoms with van der Waals surface area (Å²) in [6.45, 7) is 6.87. The number of nitrogens with zero attached hydrogens (tertiary/aromatic N) is 2. The van der Waals surface area contributed by atoms with Crippen molar-refractivity contribution in [2.75, 3.05) is 42.6 Å². The average Bonchev–Trinajstić information content (AvgIpc) is 3.22. The van der Waals surface area contributed by atoms with E-state index in [-0.39, 0.29) is 37.6 Å². The van der Waals surface area contributed by atoms with E-state index in [0.29, 0.717) is 24.5 Å². The third-order valence-electron chi connectivity index (χ3n) is 5.23. The Morgan fingerprint density at radius 2 is 2.07 bits per heavy atom. The molecule has 0 aromatic heterocycles. The standard InChI is InChI=1S/C20H27FN4O5/c1-4-29-19(27)23-17-11-24(9-12(17)2)18-6-5-14(7-16(18)21)25-10-15(30-20(25)28)8-22-13(3)26/h5-7,12,15,17H,4,8-11H2,1-3H3,(H,22,26)(H,23,27)/t12-,15-,17-/m0/s1. The Balaban J connectivity index is 1.65. The number of carbonyl (C=O) groups excluding carboxylic acids is 3. The summed E-state index contributed by atoms with van der Waals surface area (Å²) in [5, 5.41) is 5.42. The number of amides is 3. The molecule has 10 heteroatoms. The molecule has 2 N–H and O–H groups in total. The van der Waals surface area contributed by atoms with Gasteiger partial charge in [-0.05, 0) is 31.0 Å². The van der Waals surface area contributed by atoms with E-state index >= 15 is 0 Å². The molecule has 2 aliphatic heterocycles. The highest BCUT2D eigenvalue weighted by atomic mass is 19.1. The summed E-state index contributed by atoms with van der Waals surface area (Å²) in [6, 6.07) is 4.44. The summed E-state index contributed by atoms with van der Waals surface area (Å²) >= 11 is 0. The Labute approximate surface area is 174 Å². The fourth-order valence-electron chi connectivity index (χ4n) is 3.69. The van der Waals surface area contributed by atoms with Crippen molar-refractivity contribution in [2.45, 2.75) is 32.9 Å². The molecule has 2 saturated heterocycles. The topological polar surface area (TPSA) is 100 Å². The highest BCUT2D eigenvalue weighted by Gasteiger charge is 2.35. The van der Waals surface area contributed by atoms with Crippen LogP contribution in [0.15, 0.2) is 18.2 Å².